The molecule has 11 rings (SSSR count). The fraction of sp³-hybridized carbons (Fsp3) is 0.0222. The lowest BCUT2D eigenvalue weighted by Gasteiger charge is -2.12. The van der Waals surface area contributed by atoms with Crippen molar-refractivity contribution in [3.8, 4) is 5.69 Å². The molecule has 6 heteroatoms. The van der Waals surface area contributed by atoms with E-state index in [1.807, 2.05) is 18.2 Å². The van der Waals surface area contributed by atoms with Gasteiger partial charge in [-0.3, -0.25) is 4.99 Å². The Morgan fingerprint density at radius 2 is 1.33 bits per heavy atom. The van der Waals surface area contributed by atoms with Crippen molar-refractivity contribution in [3.63, 3.8) is 0 Å². The van der Waals surface area contributed by atoms with Gasteiger partial charge in [-0.25, -0.2) is 4.98 Å². The first-order valence-corrected chi connectivity index (χ1v) is 17.1. The Morgan fingerprint density at radius 3 is 2.20 bits per heavy atom. The number of fused-ring (bicyclic) bond motifs is 11. The molecular formula is C45H29N5O. The molecule has 51 heavy (non-hydrogen) atoms. The lowest BCUT2D eigenvalue weighted by Crippen LogP contribution is -2.08. The fourth-order valence-electron chi connectivity index (χ4n) is 8.21. The molecule has 0 aliphatic heterocycles. The van der Waals surface area contributed by atoms with E-state index in [-0.39, 0.29) is 0 Å². The summed E-state index contributed by atoms with van der Waals surface area (Å²) in [7, 11) is 0. The van der Waals surface area contributed by atoms with Crippen LogP contribution in [-0.2, 0) is 6.54 Å². The van der Waals surface area contributed by atoms with Gasteiger partial charge in [-0.1, -0.05) is 84.9 Å². The number of hydrogen-bond donors (Lipinski definition) is 1. The van der Waals surface area contributed by atoms with E-state index < -0.39 is 0 Å². The van der Waals surface area contributed by atoms with Crippen molar-refractivity contribution in [3.05, 3.63) is 169 Å². The second kappa shape index (κ2) is 10.5. The minimum Gasteiger partial charge on any atom is -0.443 e. The van der Waals surface area contributed by atoms with Gasteiger partial charge in [0.25, 0.3) is 0 Å². The number of aliphatic imine (C=N–C) groups is 1. The van der Waals surface area contributed by atoms with Crippen LogP contribution in [0.2, 0.25) is 0 Å². The molecule has 4 aromatic heterocycles. The number of rotatable bonds is 5. The Hall–Kier alpha value is -6.92. The standard InChI is InChI=1S/C45H29N5O/c46-36-15-7-4-14-32(36)43(28-19-21-40-33(23-28)30-12-5-8-16-38(30)49(40)29-10-2-1-3-11-29)47-25-27-18-20-41-35(22-27)42-44-34(24-37-45(42)51-26-48-37)31-13-6-9-17-39(31)50(41)44/h1-24,26H,25,46H2. The van der Waals surface area contributed by atoms with Crippen LogP contribution in [0.4, 0.5) is 5.69 Å². The van der Waals surface area contributed by atoms with Crippen LogP contribution in [0.15, 0.2) is 161 Å². The average molecular weight is 656 g/mol. The Labute approximate surface area is 291 Å². The van der Waals surface area contributed by atoms with E-state index in [0.717, 1.165) is 66.5 Å². The lowest BCUT2D eigenvalue weighted by molar-refractivity contribution is 0.605. The van der Waals surface area contributed by atoms with E-state index in [1.165, 1.54) is 32.6 Å². The maximum Gasteiger partial charge on any atom is 0.182 e. The van der Waals surface area contributed by atoms with Gasteiger partial charge in [0.2, 0.25) is 0 Å². The van der Waals surface area contributed by atoms with Crippen molar-refractivity contribution in [2.24, 2.45) is 4.99 Å². The summed E-state index contributed by atoms with van der Waals surface area (Å²) >= 11 is 0. The zero-order valence-corrected chi connectivity index (χ0v) is 27.4. The SMILES string of the molecule is Nc1ccccc1C(=NCc1ccc2c(c1)c1c3ocnc3cc3c4ccccc4n2c31)c1ccc2c(c1)c1ccccc1n2-c1ccccc1. The van der Waals surface area contributed by atoms with Crippen molar-refractivity contribution >= 4 is 82.4 Å². The second-order valence-electron chi connectivity index (χ2n) is 13.2. The molecule has 4 heterocycles. The predicted molar refractivity (Wildman–Crippen MR) is 210 cm³/mol. The molecule has 0 unspecified atom stereocenters. The normalized spacial score (nSPS) is 12.6. The molecule has 0 aliphatic carbocycles. The molecule has 240 valence electrons. The summed E-state index contributed by atoms with van der Waals surface area (Å²) in [6, 6.07) is 51.2. The van der Waals surface area contributed by atoms with Crippen LogP contribution in [0.3, 0.4) is 0 Å². The molecule has 6 nitrogen and oxygen atoms in total. The van der Waals surface area contributed by atoms with Gasteiger partial charge in [-0.2, -0.15) is 0 Å². The average Bonchev–Trinajstić information content (AvgIpc) is 3.94. The van der Waals surface area contributed by atoms with Gasteiger partial charge in [-0.05, 0) is 66.2 Å². The largest absolute Gasteiger partial charge is 0.443 e. The summed E-state index contributed by atoms with van der Waals surface area (Å²) in [5, 5.41) is 6.98. The van der Waals surface area contributed by atoms with Gasteiger partial charge in [-0.15, -0.1) is 0 Å². The van der Waals surface area contributed by atoms with Crippen LogP contribution >= 0.6 is 0 Å². The van der Waals surface area contributed by atoms with E-state index in [0.29, 0.717) is 12.2 Å². The Bertz CT molecular complexity index is 3180. The Kier molecular flexibility index (Phi) is 5.78. The maximum atomic E-state index is 6.65. The highest BCUT2D eigenvalue weighted by Gasteiger charge is 2.22. The molecule has 0 radical (unpaired) electrons. The molecule has 0 atom stereocenters. The molecule has 2 N–H and O–H groups in total. The summed E-state index contributed by atoms with van der Waals surface area (Å²) in [4.78, 5) is 9.91. The summed E-state index contributed by atoms with van der Waals surface area (Å²) < 4.78 is 10.7. The summed E-state index contributed by atoms with van der Waals surface area (Å²) in [5.41, 5.74) is 19.9. The van der Waals surface area contributed by atoms with E-state index >= 15 is 0 Å². The highest BCUT2D eigenvalue weighted by atomic mass is 16.3. The van der Waals surface area contributed by atoms with E-state index in [4.69, 9.17) is 15.1 Å². The summed E-state index contributed by atoms with van der Waals surface area (Å²) in [6.07, 6.45) is 1.54. The first kappa shape index (κ1) is 28.0. The van der Waals surface area contributed by atoms with Crippen LogP contribution in [0, 0.1) is 0 Å². The number of benzene rings is 7. The van der Waals surface area contributed by atoms with Crippen LogP contribution in [0.1, 0.15) is 16.7 Å². The molecule has 0 aliphatic rings. The molecule has 0 saturated heterocycles. The number of nitrogens with zero attached hydrogens (tertiary/aromatic N) is 4. The van der Waals surface area contributed by atoms with E-state index in [2.05, 4.69) is 141 Å². The molecular weight excluding hydrogens is 627 g/mol. The first-order chi connectivity index (χ1) is 25.2. The van der Waals surface area contributed by atoms with Crippen molar-refractivity contribution in [2.75, 3.05) is 5.73 Å². The molecule has 0 saturated carbocycles. The second-order valence-corrected chi connectivity index (χ2v) is 13.2. The minimum absolute atomic E-state index is 0.478. The third kappa shape index (κ3) is 3.98. The number of nitrogens with two attached hydrogens (primary N) is 1. The van der Waals surface area contributed by atoms with Gasteiger partial charge in [0, 0.05) is 49.4 Å². The Balaban J connectivity index is 1.10. The number of anilines is 1. The number of aromatic nitrogens is 3. The van der Waals surface area contributed by atoms with Gasteiger partial charge in [0.05, 0.1) is 45.2 Å². The summed E-state index contributed by atoms with van der Waals surface area (Å²) in [5.74, 6) is 0. The number of para-hydroxylation sites is 4. The smallest absolute Gasteiger partial charge is 0.182 e. The molecule has 0 spiro atoms. The minimum atomic E-state index is 0.478. The van der Waals surface area contributed by atoms with E-state index in [1.54, 1.807) is 6.39 Å². The quantitative estimate of drug-likeness (QED) is 0.148. The highest BCUT2D eigenvalue weighted by Crippen LogP contribution is 2.43. The highest BCUT2D eigenvalue weighted by molar-refractivity contribution is 6.30. The summed E-state index contributed by atoms with van der Waals surface area (Å²) in [6.45, 7) is 0.478. The van der Waals surface area contributed by atoms with Crippen molar-refractivity contribution in [2.45, 2.75) is 6.54 Å². The van der Waals surface area contributed by atoms with E-state index in [9.17, 15) is 0 Å². The van der Waals surface area contributed by atoms with Crippen LogP contribution in [0.5, 0.6) is 0 Å². The van der Waals surface area contributed by atoms with Crippen molar-refractivity contribution < 1.29 is 4.42 Å². The zero-order valence-electron chi connectivity index (χ0n) is 27.4. The third-order valence-corrected chi connectivity index (χ3v) is 10.4. The van der Waals surface area contributed by atoms with Gasteiger partial charge in [0.15, 0.2) is 12.0 Å². The molecule has 0 bridgehead atoms. The third-order valence-electron chi connectivity index (χ3n) is 10.4. The molecule has 0 amide bonds. The number of hydrogen-bond acceptors (Lipinski definition) is 4. The fourth-order valence-corrected chi connectivity index (χ4v) is 8.21. The van der Waals surface area contributed by atoms with Gasteiger partial charge in [0.1, 0.15) is 5.52 Å². The van der Waals surface area contributed by atoms with Crippen LogP contribution < -0.4 is 5.73 Å². The molecule has 7 aromatic carbocycles. The predicted octanol–water partition coefficient (Wildman–Crippen LogP) is 10.7. The van der Waals surface area contributed by atoms with Gasteiger partial charge < -0.3 is 19.1 Å². The Morgan fingerprint density at radius 1 is 0.627 bits per heavy atom. The van der Waals surface area contributed by atoms with Gasteiger partial charge >= 0.3 is 0 Å². The lowest BCUT2D eigenvalue weighted by atomic mass is 9.98. The first-order valence-electron chi connectivity index (χ1n) is 17.1. The monoisotopic (exact) mass is 655 g/mol. The molecule has 0 fully saturated rings. The number of oxazole rings is 1. The van der Waals surface area contributed by atoms with Crippen molar-refractivity contribution in [1.82, 2.24) is 14.0 Å². The zero-order chi connectivity index (χ0) is 33.6. The number of nitrogen functional groups attached to an aromatic ring is 1. The van der Waals surface area contributed by atoms with Crippen LogP contribution in [0.25, 0.3) is 76.7 Å². The van der Waals surface area contributed by atoms with Crippen LogP contribution in [-0.4, -0.2) is 19.7 Å². The topological polar surface area (TPSA) is 73.8 Å². The molecule has 11 aromatic rings. The maximum absolute atomic E-state index is 6.65. The van der Waals surface area contributed by atoms with Crippen molar-refractivity contribution in [1.29, 1.82) is 0 Å².